The molecule has 26 heavy (non-hydrogen) atoms. The molecule has 1 amide bonds. The van der Waals surface area contributed by atoms with E-state index in [1.165, 1.54) is 37.0 Å². The molecule has 0 fully saturated rings. The fourth-order valence-electron chi connectivity index (χ4n) is 2.22. The van der Waals surface area contributed by atoms with Crippen LogP contribution in [0.25, 0.3) is 6.08 Å². The quantitative estimate of drug-likeness (QED) is 0.775. The maximum absolute atomic E-state index is 12.4. The van der Waals surface area contributed by atoms with E-state index >= 15 is 0 Å². The standard InChI is InChI=1S/C17H17F2N3O4/c1-21-10-12(15(24)22(2)17(21)25)7-8-14(23)20-9-11-5-3-4-6-13(11)26-16(18)19/h3-8,10,16H,9H2,1-2H3,(H,20,23)/b8-7+. The van der Waals surface area contributed by atoms with Gasteiger partial charge in [0.15, 0.2) is 0 Å². The Morgan fingerprint density at radius 2 is 1.96 bits per heavy atom. The first-order valence-corrected chi connectivity index (χ1v) is 7.55. The molecular weight excluding hydrogens is 348 g/mol. The highest BCUT2D eigenvalue weighted by Gasteiger charge is 2.09. The number of aromatic nitrogens is 2. The van der Waals surface area contributed by atoms with E-state index in [0.29, 0.717) is 5.56 Å². The van der Waals surface area contributed by atoms with E-state index in [9.17, 15) is 23.2 Å². The predicted molar refractivity (Wildman–Crippen MR) is 90.9 cm³/mol. The minimum absolute atomic E-state index is 0.0290. The number of alkyl halides is 2. The number of carbonyl (C=O) groups is 1. The van der Waals surface area contributed by atoms with Crippen LogP contribution in [-0.4, -0.2) is 21.7 Å². The Morgan fingerprint density at radius 3 is 2.65 bits per heavy atom. The lowest BCUT2D eigenvalue weighted by Gasteiger charge is -2.10. The van der Waals surface area contributed by atoms with E-state index in [2.05, 4.69) is 10.1 Å². The Balaban J connectivity index is 2.08. The normalized spacial score (nSPS) is 11.1. The Labute approximate surface area is 147 Å². The molecule has 1 N–H and O–H groups in total. The number of hydrogen-bond donors (Lipinski definition) is 1. The van der Waals surface area contributed by atoms with Crippen LogP contribution in [0.2, 0.25) is 0 Å². The largest absolute Gasteiger partial charge is 0.434 e. The van der Waals surface area contributed by atoms with Crippen molar-refractivity contribution >= 4 is 12.0 Å². The van der Waals surface area contributed by atoms with Gasteiger partial charge in [0.25, 0.3) is 5.56 Å². The van der Waals surface area contributed by atoms with Crippen LogP contribution in [0.3, 0.4) is 0 Å². The van der Waals surface area contributed by atoms with Crippen molar-refractivity contribution in [3.63, 3.8) is 0 Å². The van der Waals surface area contributed by atoms with Gasteiger partial charge in [0, 0.05) is 38.5 Å². The monoisotopic (exact) mass is 365 g/mol. The van der Waals surface area contributed by atoms with Gasteiger partial charge in [-0.15, -0.1) is 0 Å². The van der Waals surface area contributed by atoms with Gasteiger partial charge in [-0.1, -0.05) is 18.2 Å². The number of amides is 1. The molecule has 0 bridgehead atoms. The third kappa shape index (κ3) is 4.65. The van der Waals surface area contributed by atoms with Gasteiger partial charge in [-0.05, 0) is 12.1 Å². The molecule has 0 aliphatic heterocycles. The highest BCUT2D eigenvalue weighted by molar-refractivity contribution is 5.91. The molecule has 0 saturated carbocycles. The average Bonchev–Trinajstić information content (AvgIpc) is 2.60. The fourth-order valence-corrected chi connectivity index (χ4v) is 2.22. The first-order valence-electron chi connectivity index (χ1n) is 7.55. The van der Waals surface area contributed by atoms with Crippen LogP contribution in [0.5, 0.6) is 5.75 Å². The highest BCUT2D eigenvalue weighted by atomic mass is 19.3. The van der Waals surface area contributed by atoms with Crippen molar-refractivity contribution in [3.8, 4) is 5.75 Å². The summed E-state index contributed by atoms with van der Waals surface area (Å²) in [6.45, 7) is -3.00. The van der Waals surface area contributed by atoms with Crippen LogP contribution in [0.1, 0.15) is 11.1 Å². The maximum atomic E-state index is 12.4. The van der Waals surface area contributed by atoms with E-state index < -0.39 is 23.8 Å². The van der Waals surface area contributed by atoms with Crippen LogP contribution in [-0.2, 0) is 25.4 Å². The molecule has 0 unspecified atom stereocenters. The Hall–Kier alpha value is -3.23. The summed E-state index contributed by atoms with van der Waals surface area (Å²) in [5, 5.41) is 2.51. The second kappa shape index (κ2) is 8.24. The van der Waals surface area contributed by atoms with Crippen molar-refractivity contribution in [2.24, 2.45) is 14.1 Å². The number of rotatable bonds is 6. The predicted octanol–water partition coefficient (Wildman–Crippen LogP) is 1.01. The van der Waals surface area contributed by atoms with E-state index in [0.717, 1.165) is 10.6 Å². The lowest BCUT2D eigenvalue weighted by atomic mass is 10.2. The van der Waals surface area contributed by atoms with Gasteiger partial charge in [0.2, 0.25) is 5.91 Å². The number of benzene rings is 1. The molecule has 1 aromatic carbocycles. The van der Waals surface area contributed by atoms with Crippen LogP contribution in [0.4, 0.5) is 8.78 Å². The summed E-state index contributed by atoms with van der Waals surface area (Å²) >= 11 is 0. The number of para-hydroxylation sites is 1. The van der Waals surface area contributed by atoms with Crippen LogP contribution in [0, 0.1) is 0 Å². The molecule has 0 saturated heterocycles. The number of aryl methyl sites for hydroxylation is 1. The van der Waals surface area contributed by atoms with E-state index in [1.54, 1.807) is 18.2 Å². The average molecular weight is 365 g/mol. The second-order valence-electron chi connectivity index (χ2n) is 5.38. The molecule has 138 valence electrons. The summed E-state index contributed by atoms with van der Waals surface area (Å²) in [5.74, 6) is -0.563. The molecule has 9 heteroatoms. The fraction of sp³-hybridized carbons (Fsp3) is 0.235. The lowest BCUT2D eigenvalue weighted by Crippen LogP contribution is -2.37. The molecule has 1 aromatic heterocycles. The Morgan fingerprint density at radius 1 is 1.27 bits per heavy atom. The lowest BCUT2D eigenvalue weighted by molar-refractivity contribution is -0.116. The van der Waals surface area contributed by atoms with Crippen LogP contribution < -0.4 is 21.3 Å². The van der Waals surface area contributed by atoms with Gasteiger partial charge in [-0.2, -0.15) is 8.78 Å². The zero-order valence-corrected chi connectivity index (χ0v) is 14.1. The third-order valence-corrected chi connectivity index (χ3v) is 3.53. The summed E-state index contributed by atoms with van der Waals surface area (Å²) in [5.41, 5.74) is -0.473. The van der Waals surface area contributed by atoms with Crippen molar-refractivity contribution in [1.29, 1.82) is 0 Å². The zero-order chi connectivity index (χ0) is 19.3. The van der Waals surface area contributed by atoms with Crippen LogP contribution in [0.15, 0.2) is 46.1 Å². The number of hydrogen-bond acceptors (Lipinski definition) is 4. The van der Waals surface area contributed by atoms with Crippen molar-refractivity contribution in [3.05, 3.63) is 68.5 Å². The molecule has 2 rings (SSSR count). The van der Waals surface area contributed by atoms with E-state index in [-0.39, 0.29) is 17.9 Å². The van der Waals surface area contributed by atoms with Crippen molar-refractivity contribution in [2.45, 2.75) is 13.2 Å². The third-order valence-electron chi connectivity index (χ3n) is 3.53. The second-order valence-corrected chi connectivity index (χ2v) is 5.38. The molecule has 0 aliphatic rings. The van der Waals surface area contributed by atoms with Crippen molar-refractivity contribution < 1.29 is 18.3 Å². The van der Waals surface area contributed by atoms with Crippen LogP contribution >= 0.6 is 0 Å². The topological polar surface area (TPSA) is 82.3 Å². The highest BCUT2D eigenvalue weighted by Crippen LogP contribution is 2.19. The summed E-state index contributed by atoms with van der Waals surface area (Å²) in [7, 11) is 2.82. The summed E-state index contributed by atoms with van der Waals surface area (Å²) in [6, 6.07) is 6.09. The van der Waals surface area contributed by atoms with Crippen molar-refractivity contribution in [1.82, 2.24) is 14.5 Å². The number of ether oxygens (including phenoxy) is 1. The summed E-state index contributed by atoms with van der Waals surface area (Å²) in [4.78, 5) is 35.5. The molecule has 0 spiro atoms. The number of nitrogens with zero attached hydrogens (tertiary/aromatic N) is 2. The molecule has 0 atom stereocenters. The number of nitrogens with one attached hydrogen (secondary N) is 1. The minimum atomic E-state index is -2.97. The van der Waals surface area contributed by atoms with Gasteiger partial charge < -0.3 is 14.6 Å². The Kier molecular flexibility index (Phi) is 6.05. The molecule has 1 heterocycles. The molecule has 0 aliphatic carbocycles. The molecule has 0 radical (unpaired) electrons. The molecule has 2 aromatic rings. The van der Waals surface area contributed by atoms with Gasteiger partial charge in [0.05, 0.1) is 5.56 Å². The van der Waals surface area contributed by atoms with Gasteiger partial charge >= 0.3 is 12.3 Å². The zero-order valence-electron chi connectivity index (χ0n) is 14.1. The van der Waals surface area contributed by atoms with Gasteiger partial charge in [-0.3, -0.25) is 14.2 Å². The summed E-state index contributed by atoms with van der Waals surface area (Å²) in [6.07, 6.45) is 3.72. The van der Waals surface area contributed by atoms with Crippen molar-refractivity contribution in [2.75, 3.05) is 0 Å². The first-order chi connectivity index (χ1) is 12.3. The van der Waals surface area contributed by atoms with E-state index in [4.69, 9.17) is 0 Å². The minimum Gasteiger partial charge on any atom is -0.434 e. The summed E-state index contributed by atoms with van der Waals surface area (Å²) < 4.78 is 31.3. The SMILES string of the molecule is Cn1cc(/C=C/C(=O)NCc2ccccc2OC(F)F)c(=O)n(C)c1=O. The van der Waals surface area contributed by atoms with Gasteiger partial charge in [0.1, 0.15) is 5.75 Å². The first kappa shape index (κ1) is 19.1. The maximum Gasteiger partial charge on any atom is 0.387 e. The Bertz CT molecular complexity index is 948. The molecule has 7 nitrogen and oxygen atoms in total. The molecular formula is C17H17F2N3O4. The smallest absolute Gasteiger partial charge is 0.387 e. The van der Waals surface area contributed by atoms with Gasteiger partial charge in [-0.25, -0.2) is 4.79 Å². The van der Waals surface area contributed by atoms with E-state index in [1.807, 2.05) is 0 Å². The number of halogens is 2. The number of carbonyl (C=O) groups excluding carboxylic acids is 1.